The minimum absolute atomic E-state index is 0. The molecule has 296 valence electrons. The molecule has 0 aromatic carbocycles. The first kappa shape index (κ1) is 323. The van der Waals surface area contributed by atoms with E-state index in [1.165, 1.54) is 0 Å². The standard InChI is InChI=1S/4C3H7.4C2H6.5CH4.36Y.6H2/c4*1-3-2;4*1-2;;;;;;;;;;;;;;;;;;;;;;;;;;;;;;;;;;;;;;;;;;;;;;;/h4*1,3H2,2H3;4*1-2H3;5*1H4;;;;;;;;;;;;;;;;;;;;;;;;;;;;;;;;;;;;;6*1H/q4*-1;;;;;;;;;;;;;;;;;;;;;;;;;;;;;;;;;;;;;;;;;;;;;;;;;;;/i;;;;;;;;;;;;;;;;;;;;;;;;;;;;;;;;;;;;;;;;;;;;;;;;;4*1+2T;2*1+2. The molecule has 0 spiro atoms. The molecule has 0 saturated carbocycles. The van der Waals surface area contributed by atoms with Crippen molar-refractivity contribution in [2.24, 2.45) is 0 Å². The fourth-order valence-electron chi connectivity index (χ4n) is 0. The number of rotatable bonds is 0. The zero-order valence-corrected chi connectivity index (χ0v) is 141. The summed E-state index contributed by atoms with van der Waals surface area (Å²) in [6.07, 6.45) is 4.00. The van der Waals surface area contributed by atoms with Gasteiger partial charge >= 0.3 is 0 Å². The van der Waals surface area contributed by atoms with Gasteiger partial charge in [-0.05, 0) is 0 Å². The zero-order chi connectivity index (χ0) is 26.8. The molecule has 0 aliphatic rings. The van der Waals surface area contributed by atoms with Crippen molar-refractivity contribution in [2.45, 2.75) is 146 Å². The van der Waals surface area contributed by atoms with Gasteiger partial charge in [-0.25, -0.2) is 0 Å². The van der Waals surface area contributed by atoms with Crippen molar-refractivity contribution < 1.29 is 1190 Å². The molecule has 0 aromatic heterocycles. The maximum atomic E-state index is 5.00. The third kappa shape index (κ3) is 603. The van der Waals surface area contributed by atoms with Gasteiger partial charge in [0, 0.05) is 1190 Å². The molecule has 0 aliphatic carbocycles. The van der Waals surface area contributed by atoms with Gasteiger partial charge in [0.15, 0.2) is 0 Å². The number of hydrogen-bond acceptors (Lipinski definition) is 0. The van der Waals surface area contributed by atoms with Gasteiger partial charge in [0.1, 0.15) is 0 Å². The molecular formula is C25H84Y36-4. The van der Waals surface area contributed by atoms with Crippen molar-refractivity contribution in [3.63, 3.8) is 0 Å². The molecule has 36 heteroatoms. The third-order valence-electron chi connectivity index (χ3n) is 0. The van der Waals surface area contributed by atoms with Crippen molar-refractivity contribution in [2.75, 3.05) is 0 Å². The first-order valence-electron chi connectivity index (χ1n) is 12.8. The maximum absolute atomic E-state index is 5.00. The SMILES string of the molecule is C.C.C.C.C.CC.CC.CC.CC.[3HH].[3HH].[3H][3H].[3H][3H].[3H][3H].[3H][3H].[CH2-]CC.[CH2-]CC.[CH2-]CC.[CH2-]CC.[Y].[Y].[Y].[Y].[Y].[Y].[Y].[Y].[Y].[Y].[Y].[Y].[Y].[Y].[Y].[Y].[Y].[Y].[Y].[Y].[Y].[Y].[Y].[Y].[Y].[Y].[Y].[Y].[Y].[Y].[Y].[Y].[Y].[Y].[Y].[Y]. The molecule has 61 heavy (non-hydrogen) atoms. The van der Waals surface area contributed by atoms with Crippen LogP contribution in [-0.4, -0.2) is 0 Å². The summed E-state index contributed by atoms with van der Waals surface area (Å²) >= 11 is 0. The van der Waals surface area contributed by atoms with Gasteiger partial charge in [-0.2, -0.15) is 25.7 Å². The Hall–Kier alpha value is 39.7. The largest absolute Gasteiger partial charge is 0.344 e. The smallest absolute Gasteiger partial charge is 0 e. The van der Waals surface area contributed by atoms with Crippen molar-refractivity contribution in [3.8, 4) is 0 Å². The average molecular weight is 3610 g/mol. The summed E-state index contributed by atoms with van der Waals surface area (Å²) in [7, 11) is 0. The van der Waals surface area contributed by atoms with Gasteiger partial charge in [0.25, 0.3) is 0 Å². The Morgan fingerprint density at radius 2 is 0.180 bits per heavy atom. The van der Waals surface area contributed by atoms with Crippen LogP contribution in [0.15, 0.2) is 0 Å². The summed E-state index contributed by atoms with van der Waals surface area (Å²) in [6, 6.07) is 0. The van der Waals surface area contributed by atoms with Crippen molar-refractivity contribution in [1.29, 1.82) is 0 Å². The molecule has 0 unspecified atom stereocenters. The molecule has 36 radical (unpaired) electrons. The topological polar surface area (TPSA) is 0 Å². The van der Waals surface area contributed by atoms with E-state index in [0.29, 0.717) is 0 Å². The Morgan fingerprint density at radius 1 is 0.180 bits per heavy atom. The molecule has 0 amide bonds. The fraction of sp³-hybridized carbons (Fsp3) is 0.840. The number of hydrogen-bond donors (Lipinski definition) is 0. The van der Waals surface area contributed by atoms with E-state index in [-0.39, 0.29) is 1220 Å². The van der Waals surface area contributed by atoms with E-state index in [4.69, 9.17) is 11.9 Å². The Kier molecular flexibility index (Phi) is 2690. The van der Waals surface area contributed by atoms with Crippen LogP contribution in [0.1, 0.15) is 161 Å². The summed E-state index contributed by atoms with van der Waals surface area (Å²) in [5, 5.41) is 0. The van der Waals surface area contributed by atoms with Crippen LogP contribution in [0.3, 0.4) is 0 Å². The van der Waals surface area contributed by atoms with E-state index in [0.717, 1.165) is 25.7 Å². The van der Waals surface area contributed by atoms with E-state index >= 15 is 0 Å². The molecular weight excluding hydrogens is 3500 g/mol. The van der Waals surface area contributed by atoms with Gasteiger partial charge < -0.3 is 27.7 Å². The van der Waals surface area contributed by atoms with Crippen LogP contribution in [0.2, 0.25) is 0 Å². The normalized spacial score (nSPS) is 2.10. The Balaban J connectivity index is -0.000000000705. The summed E-state index contributed by atoms with van der Waals surface area (Å²) in [5.41, 5.74) is 0. The van der Waals surface area contributed by atoms with E-state index in [1.54, 1.807) is 0 Å². The molecule has 0 aromatic rings. The van der Waals surface area contributed by atoms with Crippen LogP contribution < -0.4 is 0 Å². The monoisotopic (exact) mass is 3610 g/mol. The van der Waals surface area contributed by atoms with Gasteiger partial charge in [-0.3, -0.25) is 0 Å². The molecule has 0 rings (SSSR count). The molecule has 0 heterocycles. The van der Waals surface area contributed by atoms with Crippen LogP contribution in [0.4, 0.5) is 0 Å². The summed E-state index contributed by atoms with van der Waals surface area (Å²) in [4.78, 5) is 0. The zero-order valence-electron chi connectivity index (χ0n) is 46.4. The van der Waals surface area contributed by atoms with E-state index in [1.807, 2.05) is 83.1 Å². The van der Waals surface area contributed by atoms with Crippen molar-refractivity contribution in [1.82, 2.24) is 0 Å². The van der Waals surface area contributed by atoms with Gasteiger partial charge in [0.05, 0.1) is 0 Å². The quantitative estimate of drug-likeness (QED) is 0.212. The molecule has 0 aliphatic heterocycles. The second kappa shape index (κ2) is 508. The first-order chi connectivity index (χ1) is 13.7. The van der Waals surface area contributed by atoms with Crippen LogP contribution in [0.5, 0.6) is 0 Å². The molecule has 0 N–H and O–H groups in total. The Labute approximate surface area is 1320 Å². The van der Waals surface area contributed by atoms with E-state index in [9.17, 15) is 0 Å². The Morgan fingerprint density at radius 3 is 0.180 bits per heavy atom. The first-order valence-corrected chi connectivity index (χ1v) is 8.83. The fourth-order valence-corrected chi connectivity index (χ4v) is 0. The van der Waals surface area contributed by atoms with E-state index in [2.05, 4.69) is 27.7 Å². The van der Waals surface area contributed by atoms with Gasteiger partial charge in [-0.1, -0.05) is 120 Å². The van der Waals surface area contributed by atoms with Gasteiger partial charge in [0.2, 0.25) is 0 Å². The average Bonchev–Trinajstić information content (AvgIpc) is 2.81. The third-order valence-corrected chi connectivity index (χ3v) is 0. The minimum Gasteiger partial charge on any atom is -0.344 e. The van der Waals surface area contributed by atoms with Crippen LogP contribution in [0, 0.1) is 27.7 Å². The van der Waals surface area contributed by atoms with Crippen LogP contribution in [0.25, 0.3) is 0 Å². The summed E-state index contributed by atoms with van der Waals surface area (Å²) in [6.45, 7) is 38.0. The van der Waals surface area contributed by atoms with Crippen LogP contribution in [-0.2, 0) is 1180 Å². The minimum atomic E-state index is 0. The predicted octanol–water partition coefficient (Wildman–Crippen LogP) is 13.6. The molecule has 0 fully saturated rings. The van der Waals surface area contributed by atoms with E-state index < -0.39 is 0 Å². The second-order valence-electron chi connectivity index (χ2n) is 2.00. The summed E-state index contributed by atoms with van der Waals surface area (Å²) in [5.74, 6) is 0. The van der Waals surface area contributed by atoms with Crippen LogP contribution >= 0.6 is 0 Å². The predicted molar refractivity (Wildman–Crippen MR) is 154 cm³/mol. The second-order valence-corrected chi connectivity index (χ2v) is 2.00. The molecule has 0 bridgehead atoms. The Bertz CT molecular complexity index is 109. The molecule has 0 saturated heterocycles. The van der Waals surface area contributed by atoms with Crippen molar-refractivity contribution >= 4 is 0 Å². The maximum Gasteiger partial charge on any atom is 0 e. The van der Waals surface area contributed by atoms with Crippen molar-refractivity contribution in [3.05, 3.63) is 27.7 Å². The molecule has 0 nitrogen and oxygen atoms in total. The molecule has 0 atom stereocenters. The van der Waals surface area contributed by atoms with Gasteiger partial charge in [-0.15, -0.1) is 0 Å². The summed E-state index contributed by atoms with van der Waals surface area (Å²) < 4.78 is 40.0.